The Morgan fingerprint density at radius 2 is 1.62 bits per heavy atom. The molecule has 120 valence electrons. The SMILES string of the molecule is FC(F)(F)CCCCNCc1ccccc1OC(F)(F)F. The van der Waals surface area contributed by atoms with E-state index in [1.165, 1.54) is 18.2 Å². The van der Waals surface area contributed by atoms with Crippen molar-refractivity contribution in [1.82, 2.24) is 5.32 Å². The zero-order valence-electron chi connectivity index (χ0n) is 11.0. The summed E-state index contributed by atoms with van der Waals surface area (Å²) in [5, 5.41) is 2.80. The smallest absolute Gasteiger partial charge is 0.405 e. The first-order valence-corrected chi connectivity index (χ1v) is 6.28. The van der Waals surface area contributed by atoms with Crippen LogP contribution in [0.15, 0.2) is 24.3 Å². The minimum absolute atomic E-state index is 0.0167. The lowest BCUT2D eigenvalue weighted by Crippen LogP contribution is -2.20. The van der Waals surface area contributed by atoms with E-state index in [1.54, 1.807) is 6.07 Å². The van der Waals surface area contributed by atoms with E-state index < -0.39 is 19.0 Å². The number of unbranched alkanes of at least 4 members (excludes halogenated alkanes) is 1. The first-order valence-electron chi connectivity index (χ1n) is 6.28. The molecule has 0 fully saturated rings. The first kappa shape index (κ1) is 17.6. The second-order valence-corrected chi connectivity index (χ2v) is 4.40. The number of halogens is 6. The quantitative estimate of drug-likeness (QED) is 0.594. The van der Waals surface area contributed by atoms with Crippen LogP contribution < -0.4 is 10.1 Å². The third kappa shape index (κ3) is 8.44. The van der Waals surface area contributed by atoms with Crippen molar-refractivity contribution >= 4 is 0 Å². The number of hydrogen-bond acceptors (Lipinski definition) is 2. The summed E-state index contributed by atoms with van der Waals surface area (Å²) >= 11 is 0. The molecular weight excluding hydrogens is 300 g/mol. The molecule has 0 saturated heterocycles. The van der Waals surface area contributed by atoms with Gasteiger partial charge in [-0.3, -0.25) is 0 Å². The lowest BCUT2D eigenvalue weighted by molar-refractivity contribution is -0.274. The molecule has 1 rings (SSSR count). The summed E-state index contributed by atoms with van der Waals surface area (Å²) in [7, 11) is 0. The van der Waals surface area contributed by atoms with E-state index in [2.05, 4.69) is 10.1 Å². The number of benzene rings is 1. The highest BCUT2D eigenvalue weighted by atomic mass is 19.4. The average molecular weight is 315 g/mol. The highest BCUT2D eigenvalue weighted by Gasteiger charge is 2.31. The fourth-order valence-electron chi connectivity index (χ4n) is 1.67. The van der Waals surface area contributed by atoms with Crippen molar-refractivity contribution in [2.24, 2.45) is 0 Å². The van der Waals surface area contributed by atoms with Crippen LogP contribution in [-0.2, 0) is 6.54 Å². The normalized spacial score (nSPS) is 12.5. The van der Waals surface area contributed by atoms with Gasteiger partial charge in [0.1, 0.15) is 5.75 Å². The van der Waals surface area contributed by atoms with Crippen molar-refractivity contribution in [3.63, 3.8) is 0 Å². The molecule has 0 aliphatic rings. The van der Waals surface area contributed by atoms with Crippen LogP contribution in [0.2, 0.25) is 0 Å². The summed E-state index contributed by atoms with van der Waals surface area (Å²) in [6, 6.07) is 5.62. The van der Waals surface area contributed by atoms with Crippen molar-refractivity contribution < 1.29 is 31.1 Å². The zero-order chi connectivity index (χ0) is 15.9. The largest absolute Gasteiger partial charge is 0.573 e. The molecule has 2 nitrogen and oxygen atoms in total. The third-order valence-electron chi connectivity index (χ3n) is 2.58. The van der Waals surface area contributed by atoms with Crippen molar-refractivity contribution in [2.75, 3.05) is 6.54 Å². The van der Waals surface area contributed by atoms with Gasteiger partial charge in [-0.1, -0.05) is 18.2 Å². The lowest BCUT2D eigenvalue weighted by atomic mass is 10.2. The van der Waals surface area contributed by atoms with Crippen LogP contribution in [0.3, 0.4) is 0 Å². The number of alkyl halides is 6. The molecule has 0 aromatic heterocycles. The van der Waals surface area contributed by atoms with E-state index in [0.717, 1.165) is 0 Å². The summed E-state index contributed by atoms with van der Waals surface area (Å²) in [4.78, 5) is 0. The third-order valence-corrected chi connectivity index (χ3v) is 2.58. The van der Waals surface area contributed by atoms with Crippen LogP contribution in [0.5, 0.6) is 5.75 Å². The van der Waals surface area contributed by atoms with Crippen molar-refractivity contribution in [2.45, 2.75) is 38.3 Å². The fraction of sp³-hybridized carbons (Fsp3) is 0.538. The van der Waals surface area contributed by atoms with E-state index >= 15 is 0 Å². The first-order chi connectivity index (χ1) is 9.67. The van der Waals surface area contributed by atoms with Gasteiger partial charge in [-0.15, -0.1) is 13.2 Å². The average Bonchev–Trinajstić information content (AvgIpc) is 2.32. The molecule has 0 aliphatic carbocycles. The summed E-state index contributed by atoms with van der Waals surface area (Å²) in [6.45, 7) is 0.384. The van der Waals surface area contributed by atoms with Crippen LogP contribution in [0.4, 0.5) is 26.3 Å². The van der Waals surface area contributed by atoms with Gasteiger partial charge in [0.05, 0.1) is 0 Å². The molecule has 0 saturated carbocycles. The number of hydrogen-bond donors (Lipinski definition) is 1. The maximum atomic E-state index is 12.2. The Morgan fingerprint density at radius 3 is 2.24 bits per heavy atom. The van der Waals surface area contributed by atoms with Gasteiger partial charge in [-0.2, -0.15) is 13.2 Å². The molecule has 1 N–H and O–H groups in total. The number of para-hydroxylation sites is 1. The Morgan fingerprint density at radius 1 is 0.952 bits per heavy atom. The number of ether oxygens (including phenoxy) is 1. The highest BCUT2D eigenvalue weighted by molar-refractivity contribution is 5.33. The predicted molar refractivity (Wildman–Crippen MR) is 64.7 cm³/mol. The van der Waals surface area contributed by atoms with Crippen LogP contribution in [0.25, 0.3) is 0 Å². The molecule has 0 atom stereocenters. The summed E-state index contributed by atoms with van der Waals surface area (Å²) in [6.07, 6.45) is -9.53. The standard InChI is InChI=1S/C13H15F6NO/c14-12(15,16)7-3-4-8-20-9-10-5-1-2-6-11(10)21-13(17,18)19/h1-2,5-6,20H,3-4,7-9H2. The summed E-state index contributed by atoms with van der Waals surface area (Å²) < 4.78 is 76.1. The Labute approximate surface area is 118 Å². The molecule has 0 aliphatic heterocycles. The van der Waals surface area contributed by atoms with Gasteiger partial charge in [0, 0.05) is 18.5 Å². The van der Waals surface area contributed by atoms with Gasteiger partial charge in [-0.25, -0.2) is 0 Å². The van der Waals surface area contributed by atoms with E-state index in [0.29, 0.717) is 12.0 Å². The monoisotopic (exact) mass is 315 g/mol. The molecule has 1 aromatic carbocycles. The topological polar surface area (TPSA) is 21.3 Å². The Balaban J connectivity index is 2.35. The second-order valence-electron chi connectivity index (χ2n) is 4.40. The van der Waals surface area contributed by atoms with Gasteiger partial charge >= 0.3 is 12.5 Å². The highest BCUT2D eigenvalue weighted by Crippen LogP contribution is 2.26. The van der Waals surface area contributed by atoms with Crippen LogP contribution in [0.1, 0.15) is 24.8 Å². The summed E-state index contributed by atoms with van der Waals surface area (Å²) in [5.41, 5.74) is 0.297. The van der Waals surface area contributed by atoms with E-state index in [-0.39, 0.29) is 25.3 Å². The molecule has 21 heavy (non-hydrogen) atoms. The lowest BCUT2D eigenvalue weighted by Gasteiger charge is -2.13. The minimum atomic E-state index is -4.77. The van der Waals surface area contributed by atoms with Crippen molar-refractivity contribution in [3.8, 4) is 5.75 Å². The molecule has 0 amide bonds. The van der Waals surface area contributed by atoms with Crippen LogP contribution in [0, 0.1) is 0 Å². The molecule has 0 radical (unpaired) electrons. The Bertz CT molecular complexity index is 429. The second kappa shape index (κ2) is 7.53. The molecule has 0 heterocycles. The molecule has 8 heteroatoms. The Hall–Kier alpha value is -1.44. The van der Waals surface area contributed by atoms with E-state index in [4.69, 9.17) is 0 Å². The van der Waals surface area contributed by atoms with Crippen molar-refractivity contribution in [3.05, 3.63) is 29.8 Å². The van der Waals surface area contributed by atoms with Gasteiger partial charge in [-0.05, 0) is 25.5 Å². The number of nitrogens with one attached hydrogen (secondary N) is 1. The maximum Gasteiger partial charge on any atom is 0.573 e. The van der Waals surface area contributed by atoms with E-state index in [1.807, 2.05) is 0 Å². The van der Waals surface area contributed by atoms with Gasteiger partial charge in [0.15, 0.2) is 0 Å². The number of rotatable bonds is 7. The van der Waals surface area contributed by atoms with E-state index in [9.17, 15) is 26.3 Å². The van der Waals surface area contributed by atoms with Gasteiger partial charge < -0.3 is 10.1 Å². The zero-order valence-corrected chi connectivity index (χ0v) is 11.0. The van der Waals surface area contributed by atoms with Crippen LogP contribution >= 0.6 is 0 Å². The van der Waals surface area contributed by atoms with Crippen LogP contribution in [-0.4, -0.2) is 19.1 Å². The molecule has 0 bridgehead atoms. The fourth-order valence-corrected chi connectivity index (χ4v) is 1.67. The molecular formula is C13H15F6NO. The summed E-state index contributed by atoms with van der Waals surface area (Å²) in [5.74, 6) is -0.312. The minimum Gasteiger partial charge on any atom is -0.405 e. The maximum absolute atomic E-state index is 12.2. The van der Waals surface area contributed by atoms with Crippen molar-refractivity contribution in [1.29, 1.82) is 0 Å². The molecule has 1 aromatic rings. The Kier molecular flexibility index (Phi) is 6.32. The molecule has 0 unspecified atom stereocenters. The predicted octanol–water partition coefficient (Wildman–Crippen LogP) is 4.41. The van der Waals surface area contributed by atoms with Gasteiger partial charge in [0.25, 0.3) is 0 Å². The van der Waals surface area contributed by atoms with Gasteiger partial charge in [0.2, 0.25) is 0 Å². The molecule has 0 spiro atoms.